The molecule has 0 fully saturated rings. The smallest absolute Gasteiger partial charge is 0.550 e. The first-order chi connectivity index (χ1) is 4.88. The Morgan fingerprint density at radius 2 is 1.33 bits per heavy atom. The van der Waals surface area contributed by atoms with Gasteiger partial charge in [0.2, 0.25) is 0 Å². The minimum absolute atomic E-state index is 0. The van der Waals surface area contributed by atoms with Crippen LogP contribution in [0.3, 0.4) is 0 Å². The van der Waals surface area contributed by atoms with Gasteiger partial charge < -0.3 is 20.1 Å². The summed E-state index contributed by atoms with van der Waals surface area (Å²) in [6, 6.07) is 0. The van der Waals surface area contributed by atoms with E-state index in [1.807, 2.05) is 0 Å². The number of carboxylic acids is 2. The second kappa shape index (κ2) is 22.5. The molecule has 0 spiro atoms. The van der Waals surface area contributed by atoms with Crippen molar-refractivity contribution in [3.63, 3.8) is 0 Å². The summed E-state index contributed by atoms with van der Waals surface area (Å²) in [5.41, 5.74) is 0. The van der Waals surface area contributed by atoms with Crippen LogP contribution in [-0.4, -0.2) is 28.8 Å². The SMILES string of the molecule is CC(=O)O.CC(=O)[O-].CCO.[K+]. The summed E-state index contributed by atoms with van der Waals surface area (Å²) in [6.45, 7) is 3.99. The summed E-state index contributed by atoms with van der Waals surface area (Å²) < 4.78 is 0. The van der Waals surface area contributed by atoms with E-state index in [-0.39, 0.29) is 58.0 Å². The number of aliphatic hydroxyl groups is 1. The van der Waals surface area contributed by atoms with Crippen LogP contribution in [0.1, 0.15) is 20.8 Å². The number of aliphatic carboxylic acids is 2. The van der Waals surface area contributed by atoms with Gasteiger partial charge in [0.25, 0.3) is 5.97 Å². The molecule has 0 rings (SSSR count). The van der Waals surface area contributed by atoms with Gasteiger partial charge in [0.05, 0.1) is 0 Å². The maximum atomic E-state index is 9.00. The minimum Gasteiger partial charge on any atom is -0.550 e. The van der Waals surface area contributed by atoms with E-state index in [0.717, 1.165) is 13.8 Å². The Hall–Kier alpha value is 0.536. The molecule has 12 heavy (non-hydrogen) atoms. The fourth-order valence-electron chi connectivity index (χ4n) is 0. The van der Waals surface area contributed by atoms with Crippen LogP contribution in [0.5, 0.6) is 0 Å². The van der Waals surface area contributed by atoms with E-state index >= 15 is 0 Å². The molecule has 0 aliphatic carbocycles. The van der Waals surface area contributed by atoms with Crippen LogP contribution in [0.4, 0.5) is 0 Å². The van der Waals surface area contributed by atoms with E-state index in [2.05, 4.69) is 0 Å². The van der Waals surface area contributed by atoms with E-state index in [4.69, 9.17) is 24.9 Å². The van der Waals surface area contributed by atoms with Crippen LogP contribution in [0.25, 0.3) is 0 Å². The fourth-order valence-corrected chi connectivity index (χ4v) is 0. The summed E-state index contributed by atoms with van der Waals surface area (Å²) in [5, 5.41) is 23.9. The number of hydrogen-bond acceptors (Lipinski definition) is 4. The Balaban J connectivity index is -0.0000000389. The Kier molecular flexibility index (Phi) is 43.0. The van der Waals surface area contributed by atoms with Crippen molar-refractivity contribution in [1.29, 1.82) is 0 Å². The molecule has 0 saturated carbocycles. The zero-order valence-corrected chi connectivity index (χ0v) is 10.9. The third kappa shape index (κ3) is 3330. The van der Waals surface area contributed by atoms with Crippen molar-refractivity contribution in [2.75, 3.05) is 6.61 Å². The molecule has 0 aliphatic heterocycles. The fraction of sp³-hybridized carbons (Fsp3) is 0.667. The van der Waals surface area contributed by atoms with Gasteiger partial charge in [0, 0.05) is 19.5 Å². The van der Waals surface area contributed by atoms with E-state index in [0.29, 0.717) is 0 Å². The molecule has 0 saturated heterocycles. The van der Waals surface area contributed by atoms with Gasteiger partial charge in [-0.05, 0) is 13.8 Å². The van der Waals surface area contributed by atoms with E-state index in [1.54, 1.807) is 6.92 Å². The molecule has 2 N–H and O–H groups in total. The van der Waals surface area contributed by atoms with Crippen molar-refractivity contribution < 1.29 is 76.3 Å². The quantitative estimate of drug-likeness (QED) is 0.390. The molecule has 0 aromatic heterocycles. The number of carbonyl (C=O) groups excluding carboxylic acids is 1. The molecular formula is C6H13KO5. The first kappa shape index (κ1) is 22.9. The van der Waals surface area contributed by atoms with Gasteiger partial charge in [0.1, 0.15) is 0 Å². The molecule has 5 nitrogen and oxygen atoms in total. The van der Waals surface area contributed by atoms with Crippen molar-refractivity contribution in [3.05, 3.63) is 0 Å². The number of rotatable bonds is 0. The van der Waals surface area contributed by atoms with Gasteiger partial charge in [-0.1, -0.05) is 0 Å². The summed E-state index contributed by atoms with van der Waals surface area (Å²) in [7, 11) is 0. The van der Waals surface area contributed by atoms with E-state index < -0.39 is 11.9 Å². The number of hydrogen-bond donors (Lipinski definition) is 2. The first-order valence-electron chi connectivity index (χ1n) is 2.86. The predicted octanol–water partition coefficient (Wildman–Crippen LogP) is -4.15. The molecule has 68 valence electrons. The van der Waals surface area contributed by atoms with Crippen LogP contribution < -0.4 is 56.5 Å². The molecule has 6 heteroatoms. The standard InChI is InChI=1S/2C2H4O2.C2H6O.K/c2*1-2(3)4;1-2-3;/h2*1H3,(H,3,4);3H,2H2,1H3;/q;;;+1/p-1. The minimum atomic E-state index is -1.08. The molecule has 0 aromatic rings. The molecule has 0 heterocycles. The maximum absolute atomic E-state index is 9.00. The van der Waals surface area contributed by atoms with Crippen LogP contribution in [0.15, 0.2) is 0 Å². The molecule has 0 unspecified atom stereocenters. The van der Waals surface area contributed by atoms with E-state index in [9.17, 15) is 0 Å². The van der Waals surface area contributed by atoms with Crippen molar-refractivity contribution in [2.24, 2.45) is 0 Å². The predicted molar refractivity (Wildman–Crippen MR) is 36.8 cm³/mol. The van der Waals surface area contributed by atoms with Crippen molar-refractivity contribution in [3.8, 4) is 0 Å². The average molecular weight is 204 g/mol. The molecular weight excluding hydrogens is 191 g/mol. The van der Waals surface area contributed by atoms with Gasteiger partial charge >= 0.3 is 51.4 Å². The zero-order chi connectivity index (χ0) is 9.86. The Morgan fingerprint density at radius 1 is 1.33 bits per heavy atom. The van der Waals surface area contributed by atoms with Crippen molar-refractivity contribution >= 4 is 11.9 Å². The molecule has 0 atom stereocenters. The van der Waals surface area contributed by atoms with Gasteiger partial charge in [-0.3, -0.25) is 4.79 Å². The molecule has 0 aliphatic rings. The Morgan fingerprint density at radius 3 is 1.33 bits per heavy atom. The van der Waals surface area contributed by atoms with Gasteiger partial charge in [-0.25, -0.2) is 0 Å². The summed E-state index contributed by atoms with van der Waals surface area (Å²) in [6.07, 6.45) is 0. The number of aliphatic hydroxyl groups excluding tert-OH is 1. The van der Waals surface area contributed by atoms with Gasteiger partial charge in [-0.2, -0.15) is 0 Å². The monoisotopic (exact) mass is 204 g/mol. The zero-order valence-electron chi connectivity index (χ0n) is 7.83. The largest absolute Gasteiger partial charge is 1.00 e. The molecule has 0 bridgehead atoms. The number of carbonyl (C=O) groups is 2. The summed E-state index contributed by atoms with van der Waals surface area (Å²) in [5.74, 6) is -1.92. The molecule has 0 amide bonds. The average Bonchev–Trinajstić information content (AvgIpc) is 1.60. The van der Waals surface area contributed by atoms with Crippen LogP contribution in [-0.2, 0) is 9.59 Å². The van der Waals surface area contributed by atoms with Crippen LogP contribution in [0.2, 0.25) is 0 Å². The first-order valence-corrected chi connectivity index (χ1v) is 2.86. The van der Waals surface area contributed by atoms with Gasteiger partial charge in [0.15, 0.2) is 0 Å². The number of carboxylic acid groups (broad SMARTS) is 2. The summed E-state index contributed by atoms with van der Waals surface area (Å²) in [4.78, 5) is 17.9. The Labute approximate surface area is 114 Å². The third-order valence-electron chi connectivity index (χ3n) is 0. The topological polar surface area (TPSA) is 97.7 Å². The maximum Gasteiger partial charge on any atom is 1.00 e. The normalized spacial score (nSPS) is 5.67. The van der Waals surface area contributed by atoms with Crippen molar-refractivity contribution in [2.45, 2.75) is 20.8 Å². The second-order valence-electron chi connectivity index (χ2n) is 1.33. The van der Waals surface area contributed by atoms with E-state index in [1.165, 1.54) is 0 Å². The van der Waals surface area contributed by atoms with Crippen LogP contribution >= 0.6 is 0 Å². The second-order valence-corrected chi connectivity index (χ2v) is 1.33. The molecule has 0 radical (unpaired) electrons. The van der Waals surface area contributed by atoms with Crippen LogP contribution in [0, 0.1) is 0 Å². The Bertz CT molecular complexity index is 84.1. The third-order valence-corrected chi connectivity index (χ3v) is 0. The van der Waals surface area contributed by atoms with Gasteiger partial charge in [-0.15, -0.1) is 0 Å². The van der Waals surface area contributed by atoms with Crippen molar-refractivity contribution in [1.82, 2.24) is 0 Å². The summed E-state index contributed by atoms with van der Waals surface area (Å²) >= 11 is 0. The molecule has 0 aromatic carbocycles.